The maximum Gasteiger partial charge on any atom is 0.317 e. The number of nitrogens with one attached hydrogen (secondary N) is 1. The number of rotatable bonds is 2. The van der Waals surface area contributed by atoms with Crippen LogP contribution in [0.1, 0.15) is 24.8 Å². The molecule has 4 nitrogen and oxygen atoms in total. The van der Waals surface area contributed by atoms with Gasteiger partial charge in [0.1, 0.15) is 5.75 Å². The molecule has 1 saturated heterocycles. The zero-order chi connectivity index (χ0) is 13.8. The molecule has 0 aliphatic carbocycles. The summed E-state index contributed by atoms with van der Waals surface area (Å²) in [6, 6.07) is 8.24. The standard InChI is InChI=1S/C16H22N2O2/c19-16(18-8-4-1-5-9-18)17-11-13-10-14-6-2-3-7-15(14)20-12-13/h2-3,6-7,13H,1,4-5,8-12H2,(H,17,19)/t13-/m0/s1. The maximum absolute atomic E-state index is 12.1. The van der Waals surface area contributed by atoms with Crippen molar-refractivity contribution in [2.24, 2.45) is 5.92 Å². The Morgan fingerprint density at radius 1 is 1.25 bits per heavy atom. The number of nitrogens with zero attached hydrogens (tertiary/aromatic N) is 1. The fraction of sp³-hybridized carbons (Fsp3) is 0.562. The largest absolute Gasteiger partial charge is 0.493 e. The van der Waals surface area contributed by atoms with E-state index < -0.39 is 0 Å². The van der Waals surface area contributed by atoms with Gasteiger partial charge in [-0.3, -0.25) is 0 Å². The van der Waals surface area contributed by atoms with Crippen LogP contribution < -0.4 is 10.1 Å². The fourth-order valence-electron chi connectivity index (χ4n) is 2.96. The lowest BCUT2D eigenvalue weighted by molar-refractivity contribution is 0.177. The van der Waals surface area contributed by atoms with E-state index in [9.17, 15) is 4.79 Å². The van der Waals surface area contributed by atoms with E-state index in [0.29, 0.717) is 19.1 Å². The average Bonchev–Trinajstić information content (AvgIpc) is 2.53. The first-order valence-corrected chi connectivity index (χ1v) is 7.56. The van der Waals surface area contributed by atoms with Crippen LogP contribution in [0.4, 0.5) is 4.79 Å². The molecule has 0 saturated carbocycles. The van der Waals surface area contributed by atoms with Gasteiger partial charge in [0.25, 0.3) is 0 Å². The fourth-order valence-corrected chi connectivity index (χ4v) is 2.96. The van der Waals surface area contributed by atoms with Crippen LogP contribution in [-0.4, -0.2) is 37.2 Å². The summed E-state index contributed by atoms with van der Waals surface area (Å²) < 4.78 is 5.75. The molecule has 0 radical (unpaired) electrons. The van der Waals surface area contributed by atoms with Gasteiger partial charge < -0.3 is 15.0 Å². The zero-order valence-corrected chi connectivity index (χ0v) is 11.8. The number of likely N-dealkylation sites (tertiary alicyclic amines) is 1. The predicted octanol–water partition coefficient (Wildman–Crippen LogP) is 2.43. The molecule has 4 heteroatoms. The lowest BCUT2D eigenvalue weighted by Crippen LogP contribution is -2.45. The number of carbonyl (C=O) groups is 1. The number of urea groups is 1. The molecule has 2 heterocycles. The molecule has 1 aromatic rings. The Hall–Kier alpha value is -1.71. The Morgan fingerprint density at radius 3 is 2.90 bits per heavy atom. The van der Waals surface area contributed by atoms with E-state index in [4.69, 9.17) is 4.74 Å². The van der Waals surface area contributed by atoms with Crippen LogP contribution in [0.15, 0.2) is 24.3 Å². The number of ether oxygens (including phenoxy) is 1. The summed E-state index contributed by atoms with van der Waals surface area (Å²) in [5, 5.41) is 3.06. The first-order valence-electron chi connectivity index (χ1n) is 7.56. The molecule has 2 amide bonds. The molecule has 1 N–H and O–H groups in total. The second-order valence-electron chi connectivity index (χ2n) is 5.72. The normalized spacial score (nSPS) is 21.8. The van der Waals surface area contributed by atoms with Gasteiger partial charge in [0.2, 0.25) is 0 Å². The highest BCUT2D eigenvalue weighted by Crippen LogP contribution is 2.26. The molecule has 108 valence electrons. The summed E-state index contributed by atoms with van der Waals surface area (Å²) in [5.41, 5.74) is 1.25. The van der Waals surface area contributed by atoms with Crippen LogP contribution in [0.25, 0.3) is 0 Å². The topological polar surface area (TPSA) is 41.6 Å². The molecule has 0 spiro atoms. The third kappa shape index (κ3) is 3.06. The number of hydrogen-bond donors (Lipinski definition) is 1. The number of amides is 2. The van der Waals surface area contributed by atoms with Gasteiger partial charge in [-0.1, -0.05) is 18.2 Å². The summed E-state index contributed by atoms with van der Waals surface area (Å²) in [6.45, 7) is 3.19. The Balaban J connectivity index is 1.49. The van der Waals surface area contributed by atoms with Crippen molar-refractivity contribution in [2.75, 3.05) is 26.2 Å². The van der Waals surface area contributed by atoms with Gasteiger partial charge in [-0.15, -0.1) is 0 Å². The number of hydrogen-bond acceptors (Lipinski definition) is 2. The minimum absolute atomic E-state index is 0.0866. The Bertz CT molecular complexity index is 469. The molecule has 2 aliphatic rings. The van der Waals surface area contributed by atoms with Crippen molar-refractivity contribution in [3.8, 4) is 5.75 Å². The number of benzene rings is 1. The smallest absolute Gasteiger partial charge is 0.317 e. The molecule has 3 rings (SSSR count). The first kappa shape index (κ1) is 13.3. The van der Waals surface area contributed by atoms with Gasteiger partial charge in [-0.05, 0) is 37.3 Å². The van der Waals surface area contributed by atoms with Gasteiger partial charge in [0.05, 0.1) is 6.61 Å². The van der Waals surface area contributed by atoms with Crippen molar-refractivity contribution in [1.82, 2.24) is 10.2 Å². The minimum Gasteiger partial charge on any atom is -0.493 e. The third-order valence-corrected chi connectivity index (χ3v) is 4.14. The van der Waals surface area contributed by atoms with E-state index in [1.807, 2.05) is 23.1 Å². The minimum atomic E-state index is 0.0866. The lowest BCUT2D eigenvalue weighted by Gasteiger charge is -2.29. The summed E-state index contributed by atoms with van der Waals surface area (Å²) in [6.07, 6.45) is 4.49. The van der Waals surface area contributed by atoms with Gasteiger partial charge in [0.15, 0.2) is 0 Å². The van der Waals surface area contributed by atoms with E-state index in [1.54, 1.807) is 0 Å². The molecule has 1 aromatic carbocycles. The van der Waals surface area contributed by atoms with E-state index in [1.165, 1.54) is 12.0 Å². The second-order valence-corrected chi connectivity index (χ2v) is 5.72. The maximum atomic E-state index is 12.1. The highest BCUT2D eigenvalue weighted by atomic mass is 16.5. The molecule has 0 unspecified atom stereocenters. The molecule has 0 bridgehead atoms. The number of fused-ring (bicyclic) bond motifs is 1. The summed E-state index contributed by atoms with van der Waals surface area (Å²) in [4.78, 5) is 14.0. The van der Waals surface area contributed by atoms with Gasteiger partial charge >= 0.3 is 6.03 Å². The average molecular weight is 274 g/mol. The monoisotopic (exact) mass is 274 g/mol. The van der Waals surface area contributed by atoms with Crippen LogP contribution in [0, 0.1) is 5.92 Å². The van der Waals surface area contributed by atoms with Crippen molar-refractivity contribution in [3.05, 3.63) is 29.8 Å². The van der Waals surface area contributed by atoms with Gasteiger partial charge in [-0.2, -0.15) is 0 Å². The van der Waals surface area contributed by atoms with E-state index in [2.05, 4.69) is 11.4 Å². The Morgan fingerprint density at radius 2 is 2.05 bits per heavy atom. The Kier molecular flexibility index (Phi) is 4.09. The highest BCUT2D eigenvalue weighted by molar-refractivity contribution is 5.74. The van der Waals surface area contributed by atoms with Gasteiger partial charge in [0, 0.05) is 25.6 Å². The van der Waals surface area contributed by atoms with Crippen molar-refractivity contribution >= 4 is 6.03 Å². The zero-order valence-electron chi connectivity index (χ0n) is 11.8. The first-order chi connectivity index (χ1) is 9.83. The van der Waals surface area contributed by atoms with Crippen molar-refractivity contribution in [2.45, 2.75) is 25.7 Å². The second kappa shape index (κ2) is 6.16. The molecular formula is C16H22N2O2. The van der Waals surface area contributed by atoms with Crippen molar-refractivity contribution in [3.63, 3.8) is 0 Å². The van der Waals surface area contributed by atoms with E-state index in [-0.39, 0.29) is 6.03 Å². The molecular weight excluding hydrogens is 252 g/mol. The number of para-hydroxylation sites is 1. The van der Waals surface area contributed by atoms with Crippen LogP contribution >= 0.6 is 0 Å². The lowest BCUT2D eigenvalue weighted by atomic mass is 9.97. The molecule has 2 aliphatic heterocycles. The molecule has 1 atom stereocenters. The quantitative estimate of drug-likeness (QED) is 0.900. The predicted molar refractivity (Wildman–Crippen MR) is 78.0 cm³/mol. The summed E-state index contributed by atoms with van der Waals surface area (Å²) in [5.74, 6) is 1.37. The van der Waals surface area contributed by atoms with Crippen LogP contribution in [0.3, 0.4) is 0 Å². The molecule has 1 fully saturated rings. The van der Waals surface area contributed by atoms with Crippen LogP contribution in [0.5, 0.6) is 5.75 Å². The number of piperidine rings is 1. The number of carbonyl (C=O) groups excluding carboxylic acids is 1. The summed E-state index contributed by atoms with van der Waals surface area (Å²) >= 11 is 0. The molecule has 0 aromatic heterocycles. The third-order valence-electron chi connectivity index (χ3n) is 4.14. The Labute approximate surface area is 120 Å². The van der Waals surface area contributed by atoms with E-state index >= 15 is 0 Å². The van der Waals surface area contributed by atoms with Crippen molar-refractivity contribution < 1.29 is 9.53 Å². The van der Waals surface area contributed by atoms with Gasteiger partial charge in [-0.25, -0.2) is 4.79 Å². The van der Waals surface area contributed by atoms with Crippen LogP contribution in [0.2, 0.25) is 0 Å². The van der Waals surface area contributed by atoms with E-state index in [0.717, 1.165) is 38.1 Å². The highest BCUT2D eigenvalue weighted by Gasteiger charge is 2.21. The summed E-state index contributed by atoms with van der Waals surface area (Å²) in [7, 11) is 0. The van der Waals surface area contributed by atoms with Crippen LogP contribution in [-0.2, 0) is 6.42 Å². The SMILES string of the molecule is O=C(NC[C@H]1COc2ccccc2C1)N1CCCCC1. The molecule has 20 heavy (non-hydrogen) atoms. The van der Waals surface area contributed by atoms with Crippen molar-refractivity contribution in [1.29, 1.82) is 0 Å².